The third-order valence-electron chi connectivity index (χ3n) is 4.70. The van der Waals surface area contributed by atoms with Crippen LogP contribution in [0.5, 0.6) is 0 Å². The zero-order valence-electron chi connectivity index (χ0n) is 18.6. The number of oxazole rings is 1. The van der Waals surface area contributed by atoms with Gasteiger partial charge in [0.25, 0.3) is 5.91 Å². The molecule has 0 bridgehead atoms. The van der Waals surface area contributed by atoms with E-state index in [2.05, 4.69) is 5.32 Å². The average Bonchev–Trinajstić information content (AvgIpc) is 3.25. The predicted molar refractivity (Wildman–Crippen MR) is 119 cm³/mol. The number of aryl methyl sites for hydroxylation is 2. The molecule has 0 spiro atoms. The first kappa shape index (κ1) is 24.8. The van der Waals surface area contributed by atoms with E-state index in [1.54, 1.807) is 19.1 Å². The maximum atomic E-state index is 12.3. The summed E-state index contributed by atoms with van der Waals surface area (Å²) in [5.41, 5.74) is 0.518. The standard InChI is InChI=1S/C22H21ClN2O9/c1-4-31-21(29)19-18(11(2)26)12(3)33-20(19)24-16(27)10-32-17(28)7-8-25-14-6-5-13(23)9-15(14)34-22(25)30/h5-6,9H,4,7-8,10H2,1-3H3,(H,24,27). The van der Waals surface area contributed by atoms with Crippen molar-refractivity contribution < 1.29 is 37.5 Å². The molecular formula is C22H21ClN2O9. The highest BCUT2D eigenvalue weighted by Crippen LogP contribution is 2.28. The van der Waals surface area contributed by atoms with Gasteiger partial charge in [-0.25, -0.2) is 9.59 Å². The Balaban J connectivity index is 1.61. The first-order chi connectivity index (χ1) is 16.1. The van der Waals surface area contributed by atoms with E-state index >= 15 is 0 Å². The molecule has 11 nitrogen and oxygen atoms in total. The molecule has 0 saturated heterocycles. The summed E-state index contributed by atoms with van der Waals surface area (Å²) in [6.45, 7) is 3.62. The molecule has 0 fully saturated rings. The number of nitrogens with one attached hydrogen (secondary N) is 1. The number of furan rings is 1. The molecule has 1 N–H and O–H groups in total. The largest absolute Gasteiger partial charge is 0.462 e. The molecule has 3 rings (SSSR count). The molecule has 34 heavy (non-hydrogen) atoms. The second-order valence-electron chi connectivity index (χ2n) is 7.10. The molecule has 0 unspecified atom stereocenters. The van der Waals surface area contributed by atoms with Gasteiger partial charge in [-0.2, -0.15) is 0 Å². The Morgan fingerprint density at radius 3 is 2.53 bits per heavy atom. The highest BCUT2D eigenvalue weighted by atomic mass is 35.5. The van der Waals surface area contributed by atoms with Crippen LogP contribution in [0.15, 0.2) is 31.8 Å². The van der Waals surface area contributed by atoms with Crippen LogP contribution in [0, 0.1) is 6.92 Å². The summed E-state index contributed by atoms with van der Waals surface area (Å²) < 4.78 is 21.6. The van der Waals surface area contributed by atoms with Gasteiger partial charge in [0.15, 0.2) is 18.0 Å². The monoisotopic (exact) mass is 492 g/mol. The van der Waals surface area contributed by atoms with Crippen LogP contribution in [0.25, 0.3) is 11.1 Å². The summed E-state index contributed by atoms with van der Waals surface area (Å²) in [5, 5.41) is 2.71. The molecule has 0 saturated carbocycles. The molecule has 180 valence electrons. The summed E-state index contributed by atoms with van der Waals surface area (Å²) in [6, 6.07) is 4.65. The van der Waals surface area contributed by atoms with E-state index in [4.69, 9.17) is 29.9 Å². The SMILES string of the molecule is CCOC(=O)c1c(NC(=O)COC(=O)CCn2c(=O)oc3cc(Cl)ccc32)oc(C)c1C(C)=O. The smallest absolute Gasteiger partial charge is 0.419 e. The third-order valence-corrected chi connectivity index (χ3v) is 4.94. The number of benzene rings is 1. The Morgan fingerprint density at radius 1 is 1.12 bits per heavy atom. The molecular weight excluding hydrogens is 472 g/mol. The van der Waals surface area contributed by atoms with Crippen LogP contribution in [-0.2, 0) is 25.6 Å². The number of carbonyl (C=O) groups is 4. The molecule has 2 aromatic heterocycles. The quantitative estimate of drug-likeness (QED) is 0.351. The number of fused-ring (bicyclic) bond motifs is 1. The number of nitrogens with zero attached hydrogens (tertiary/aromatic N) is 1. The third kappa shape index (κ3) is 5.37. The van der Waals surface area contributed by atoms with Crippen LogP contribution in [0.4, 0.5) is 5.88 Å². The van der Waals surface area contributed by atoms with Crippen LogP contribution < -0.4 is 11.1 Å². The van der Waals surface area contributed by atoms with Gasteiger partial charge < -0.3 is 18.3 Å². The second-order valence-corrected chi connectivity index (χ2v) is 7.54. The number of anilines is 1. The number of hydrogen-bond acceptors (Lipinski definition) is 9. The van der Waals surface area contributed by atoms with E-state index in [1.165, 1.54) is 24.5 Å². The van der Waals surface area contributed by atoms with Gasteiger partial charge in [-0.3, -0.25) is 24.3 Å². The molecule has 0 aliphatic rings. The fourth-order valence-corrected chi connectivity index (χ4v) is 3.45. The van der Waals surface area contributed by atoms with Crippen molar-refractivity contribution in [3.05, 3.63) is 50.7 Å². The Bertz CT molecular complexity index is 1330. The number of aromatic nitrogens is 1. The molecule has 3 aromatic rings. The van der Waals surface area contributed by atoms with Gasteiger partial charge in [0, 0.05) is 17.6 Å². The van der Waals surface area contributed by atoms with Crippen LogP contribution in [-0.4, -0.2) is 41.4 Å². The van der Waals surface area contributed by atoms with Crippen molar-refractivity contribution in [2.75, 3.05) is 18.5 Å². The summed E-state index contributed by atoms with van der Waals surface area (Å²) in [6.07, 6.45) is -0.215. The van der Waals surface area contributed by atoms with E-state index in [-0.39, 0.29) is 47.9 Å². The van der Waals surface area contributed by atoms with Crippen LogP contribution in [0.2, 0.25) is 5.02 Å². The fourth-order valence-electron chi connectivity index (χ4n) is 3.29. The highest BCUT2D eigenvalue weighted by molar-refractivity contribution is 6.31. The number of esters is 2. The number of hydrogen-bond donors (Lipinski definition) is 1. The minimum absolute atomic E-state index is 0.00943. The van der Waals surface area contributed by atoms with Gasteiger partial charge in [0.2, 0.25) is 5.88 Å². The molecule has 0 aliphatic carbocycles. The number of carbonyl (C=O) groups excluding carboxylic acids is 4. The van der Waals surface area contributed by atoms with Gasteiger partial charge in [-0.05, 0) is 32.9 Å². The molecule has 0 atom stereocenters. The predicted octanol–water partition coefficient (Wildman–Crippen LogP) is 3.10. The zero-order valence-corrected chi connectivity index (χ0v) is 19.3. The lowest BCUT2D eigenvalue weighted by atomic mass is 10.1. The Labute approximate surface area is 197 Å². The Morgan fingerprint density at radius 2 is 1.85 bits per heavy atom. The molecule has 2 heterocycles. The number of amides is 1. The molecule has 0 radical (unpaired) electrons. The first-order valence-electron chi connectivity index (χ1n) is 10.2. The number of halogens is 1. The lowest BCUT2D eigenvalue weighted by Gasteiger charge is -2.07. The Hall–Kier alpha value is -3.86. The van der Waals surface area contributed by atoms with Crippen molar-refractivity contribution in [3.8, 4) is 0 Å². The van der Waals surface area contributed by atoms with Crippen molar-refractivity contribution in [1.82, 2.24) is 4.57 Å². The minimum Gasteiger partial charge on any atom is -0.462 e. The van der Waals surface area contributed by atoms with E-state index < -0.39 is 36.0 Å². The number of Topliss-reactive ketones (excluding diaryl/α,β-unsaturated/α-hetero) is 1. The van der Waals surface area contributed by atoms with Gasteiger partial charge in [-0.1, -0.05) is 11.6 Å². The number of ether oxygens (including phenoxy) is 2. The van der Waals surface area contributed by atoms with Crippen molar-refractivity contribution in [2.45, 2.75) is 33.7 Å². The molecule has 12 heteroatoms. The number of ketones is 1. The molecule has 0 aliphatic heterocycles. The fraction of sp³-hybridized carbons (Fsp3) is 0.318. The van der Waals surface area contributed by atoms with Crippen LogP contribution >= 0.6 is 11.6 Å². The summed E-state index contributed by atoms with van der Waals surface area (Å²) in [5.74, 6) is -3.65. The average molecular weight is 493 g/mol. The number of rotatable bonds is 9. The summed E-state index contributed by atoms with van der Waals surface area (Å²) in [4.78, 5) is 60.6. The van der Waals surface area contributed by atoms with E-state index in [9.17, 15) is 24.0 Å². The van der Waals surface area contributed by atoms with Crippen molar-refractivity contribution in [2.24, 2.45) is 0 Å². The summed E-state index contributed by atoms with van der Waals surface area (Å²) in [7, 11) is 0. The lowest BCUT2D eigenvalue weighted by Crippen LogP contribution is -2.23. The topological polar surface area (TPSA) is 147 Å². The van der Waals surface area contributed by atoms with Crippen LogP contribution in [0.1, 0.15) is 46.7 Å². The molecule has 1 amide bonds. The maximum absolute atomic E-state index is 12.3. The molecule has 1 aromatic carbocycles. The Kier molecular flexibility index (Phi) is 7.57. The van der Waals surface area contributed by atoms with E-state index in [0.29, 0.717) is 10.5 Å². The van der Waals surface area contributed by atoms with Crippen molar-refractivity contribution in [1.29, 1.82) is 0 Å². The van der Waals surface area contributed by atoms with Crippen LogP contribution in [0.3, 0.4) is 0 Å². The normalized spacial score (nSPS) is 10.8. The van der Waals surface area contributed by atoms with E-state index in [1.807, 2.05) is 0 Å². The van der Waals surface area contributed by atoms with Crippen molar-refractivity contribution >= 4 is 52.2 Å². The highest BCUT2D eigenvalue weighted by Gasteiger charge is 2.29. The van der Waals surface area contributed by atoms with Gasteiger partial charge in [0.05, 0.1) is 24.1 Å². The lowest BCUT2D eigenvalue weighted by molar-refractivity contribution is -0.147. The second kappa shape index (κ2) is 10.4. The van der Waals surface area contributed by atoms with Gasteiger partial charge in [-0.15, -0.1) is 0 Å². The van der Waals surface area contributed by atoms with Gasteiger partial charge >= 0.3 is 17.7 Å². The van der Waals surface area contributed by atoms with Crippen molar-refractivity contribution in [3.63, 3.8) is 0 Å². The van der Waals surface area contributed by atoms with E-state index in [0.717, 1.165) is 0 Å². The van der Waals surface area contributed by atoms with Gasteiger partial charge in [0.1, 0.15) is 11.3 Å². The first-order valence-corrected chi connectivity index (χ1v) is 10.6. The maximum Gasteiger partial charge on any atom is 0.419 e. The minimum atomic E-state index is -0.837. The summed E-state index contributed by atoms with van der Waals surface area (Å²) >= 11 is 5.87. The zero-order chi connectivity index (χ0) is 25.0.